The Kier molecular flexibility index (Phi) is 6.20. The monoisotopic (exact) mass is 547 g/mol. The predicted molar refractivity (Wildman–Crippen MR) is 185 cm³/mol. The van der Waals surface area contributed by atoms with Crippen LogP contribution >= 0.6 is 0 Å². The van der Waals surface area contributed by atoms with Gasteiger partial charge in [0.25, 0.3) is 0 Å². The number of hydrogen-bond acceptors (Lipinski definition) is 1. The number of anilines is 3. The summed E-state index contributed by atoms with van der Waals surface area (Å²) in [5, 5.41) is 7.76. The van der Waals surface area contributed by atoms with Crippen molar-refractivity contribution in [2.45, 2.75) is 0 Å². The standard InChI is InChI=1S/C42H29N/c1-3-12-30(13-4-1)31-22-25-35(26-23-31)43(34-15-5-2-6-16-34)36-17-11-14-32(28-36)33-24-27-41-39-20-8-7-18-37(39)38-19-9-10-21-40(38)42(41)29-33/h1-29H. The van der Waals surface area contributed by atoms with Gasteiger partial charge in [0.2, 0.25) is 0 Å². The van der Waals surface area contributed by atoms with Crippen molar-refractivity contribution in [1.29, 1.82) is 0 Å². The predicted octanol–water partition coefficient (Wildman–Crippen LogP) is 11.9. The Morgan fingerprint density at radius 2 is 0.651 bits per heavy atom. The first kappa shape index (κ1) is 25.1. The molecule has 0 bridgehead atoms. The summed E-state index contributed by atoms with van der Waals surface area (Å²) < 4.78 is 0. The highest BCUT2D eigenvalue weighted by molar-refractivity contribution is 6.25. The van der Waals surface area contributed by atoms with E-state index in [0.29, 0.717) is 0 Å². The fraction of sp³-hybridized carbons (Fsp3) is 0. The van der Waals surface area contributed by atoms with Crippen LogP contribution in [0, 0.1) is 0 Å². The molecule has 0 saturated heterocycles. The summed E-state index contributed by atoms with van der Waals surface area (Å²) in [4.78, 5) is 2.34. The summed E-state index contributed by atoms with van der Waals surface area (Å²) in [6.45, 7) is 0. The molecule has 43 heavy (non-hydrogen) atoms. The van der Waals surface area contributed by atoms with E-state index >= 15 is 0 Å². The van der Waals surface area contributed by atoms with Crippen LogP contribution in [-0.4, -0.2) is 0 Å². The van der Waals surface area contributed by atoms with Gasteiger partial charge in [0.05, 0.1) is 0 Å². The summed E-state index contributed by atoms with van der Waals surface area (Å²) in [5.41, 5.74) is 8.21. The number of nitrogens with zero attached hydrogens (tertiary/aromatic N) is 1. The molecule has 0 N–H and O–H groups in total. The Morgan fingerprint density at radius 1 is 0.233 bits per heavy atom. The van der Waals surface area contributed by atoms with Crippen LogP contribution in [0.25, 0.3) is 54.6 Å². The number of rotatable bonds is 5. The lowest BCUT2D eigenvalue weighted by Crippen LogP contribution is -2.09. The van der Waals surface area contributed by atoms with Gasteiger partial charge in [-0.1, -0.05) is 133 Å². The quantitative estimate of drug-likeness (QED) is 0.194. The van der Waals surface area contributed by atoms with E-state index in [0.717, 1.165) is 17.1 Å². The van der Waals surface area contributed by atoms with Gasteiger partial charge in [-0.25, -0.2) is 0 Å². The smallest absolute Gasteiger partial charge is 0.0467 e. The molecule has 8 rings (SSSR count). The van der Waals surface area contributed by atoms with E-state index in [-0.39, 0.29) is 0 Å². The van der Waals surface area contributed by atoms with Gasteiger partial charge in [0.15, 0.2) is 0 Å². The minimum Gasteiger partial charge on any atom is -0.310 e. The highest BCUT2D eigenvalue weighted by Gasteiger charge is 2.15. The maximum Gasteiger partial charge on any atom is 0.0467 e. The molecule has 0 atom stereocenters. The van der Waals surface area contributed by atoms with Gasteiger partial charge in [-0.3, -0.25) is 0 Å². The van der Waals surface area contributed by atoms with Gasteiger partial charge in [-0.05, 0) is 97.0 Å². The number of benzene rings is 8. The van der Waals surface area contributed by atoms with E-state index in [9.17, 15) is 0 Å². The van der Waals surface area contributed by atoms with E-state index in [1.54, 1.807) is 0 Å². The highest BCUT2D eigenvalue weighted by atomic mass is 15.1. The zero-order chi connectivity index (χ0) is 28.6. The van der Waals surface area contributed by atoms with E-state index < -0.39 is 0 Å². The Hall–Kier alpha value is -5.66. The Bertz CT molecular complexity index is 2180. The van der Waals surface area contributed by atoms with E-state index in [1.807, 2.05) is 0 Å². The first-order valence-corrected chi connectivity index (χ1v) is 14.8. The van der Waals surface area contributed by atoms with Gasteiger partial charge < -0.3 is 4.90 Å². The van der Waals surface area contributed by atoms with Gasteiger partial charge in [-0.2, -0.15) is 0 Å². The third kappa shape index (κ3) is 4.52. The van der Waals surface area contributed by atoms with E-state index in [2.05, 4.69) is 181 Å². The van der Waals surface area contributed by atoms with E-state index in [1.165, 1.54) is 54.6 Å². The number of fused-ring (bicyclic) bond motifs is 6. The molecule has 0 saturated carbocycles. The maximum atomic E-state index is 2.37. The van der Waals surface area contributed by atoms with Gasteiger partial charge in [0.1, 0.15) is 0 Å². The minimum atomic E-state index is 1.12. The molecule has 0 heterocycles. The minimum absolute atomic E-state index is 1.12. The van der Waals surface area contributed by atoms with Crippen molar-refractivity contribution in [2.75, 3.05) is 4.90 Å². The van der Waals surface area contributed by atoms with Crippen molar-refractivity contribution in [1.82, 2.24) is 0 Å². The summed E-state index contributed by atoms with van der Waals surface area (Å²) >= 11 is 0. The molecule has 0 unspecified atom stereocenters. The van der Waals surface area contributed by atoms with Crippen molar-refractivity contribution in [2.24, 2.45) is 0 Å². The van der Waals surface area contributed by atoms with Gasteiger partial charge >= 0.3 is 0 Å². The fourth-order valence-corrected chi connectivity index (χ4v) is 6.37. The summed E-state index contributed by atoms with van der Waals surface area (Å²) in [6.07, 6.45) is 0. The second-order valence-corrected chi connectivity index (χ2v) is 11.0. The largest absolute Gasteiger partial charge is 0.310 e. The molecule has 0 aromatic heterocycles. The summed E-state index contributed by atoms with van der Waals surface area (Å²) in [6, 6.07) is 63.4. The third-order valence-corrected chi connectivity index (χ3v) is 8.43. The molecular formula is C42H29N. The van der Waals surface area contributed by atoms with Crippen LogP contribution in [0.15, 0.2) is 176 Å². The average molecular weight is 548 g/mol. The second kappa shape index (κ2) is 10.6. The molecule has 0 aliphatic heterocycles. The second-order valence-electron chi connectivity index (χ2n) is 11.0. The SMILES string of the molecule is c1ccc(-c2ccc(N(c3ccccc3)c3cccc(-c4ccc5c6ccccc6c6ccccc6c5c4)c3)cc2)cc1. The van der Waals surface area contributed by atoms with Crippen LogP contribution in [0.4, 0.5) is 17.1 Å². The first-order valence-electron chi connectivity index (χ1n) is 14.8. The van der Waals surface area contributed by atoms with Crippen LogP contribution < -0.4 is 4.90 Å². The molecule has 0 spiro atoms. The number of para-hydroxylation sites is 1. The Morgan fingerprint density at radius 3 is 1.30 bits per heavy atom. The van der Waals surface area contributed by atoms with Gasteiger partial charge in [-0.15, -0.1) is 0 Å². The normalized spacial score (nSPS) is 11.3. The Balaban J connectivity index is 1.26. The van der Waals surface area contributed by atoms with Crippen molar-refractivity contribution in [3.05, 3.63) is 176 Å². The van der Waals surface area contributed by atoms with Gasteiger partial charge in [0, 0.05) is 17.1 Å². The molecule has 1 heteroatoms. The molecular weight excluding hydrogens is 518 g/mol. The lowest BCUT2D eigenvalue weighted by Gasteiger charge is -2.26. The fourth-order valence-electron chi connectivity index (χ4n) is 6.37. The molecule has 0 aliphatic carbocycles. The molecule has 8 aromatic carbocycles. The Labute approximate surface area is 251 Å². The first-order chi connectivity index (χ1) is 21.3. The number of hydrogen-bond donors (Lipinski definition) is 0. The van der Waals surface area contributed by atoms with Crippen LogP contribution in [-0.2, 0) is 0 Å². The van der Waals surface area contributed by atoms with Crippen LogP contribution in [0.2, 0.25) is 0 Å². The molecule has 1 nitrogen and oxygen atoms in total. The summed E-state index contributed by atoms with van der Waals surface area (Å²) in [5.74, 6) is 0. The molecule has 8 aromatic rings. The zero-order valence-corrected chi connectivity index (χ0v) is 23.7. The van der Waals surface area contributed by atoms with Crippen LogP contribution in [0.5, 0.6) is 0 Å². The molecule has 0 radical (unpaired) electrons. The lowest BCUT2D eigenvalue weighted by atomic mass is 9.92. The molecule has 0 fully saturated rings. The van der Waals surface area contributed by atoms with Crippen molar-refractivity contribution in [3.63, 3.8) is 0 Å². The van der Waals surface area contributed by atoms with Crippen molar-refractivity contribution in [3.8, 4) is 22.3 Å². The zero-order valence-electron chi connectivity index (χ0n) is 23.7. The molecule has 0 amide bonds. The summed E-state index contributed by atoms with van der Waals surface area (Å²) in [7, 11) is 0. The average Bonchev–Trinajstić information content (AvgIpc) is 3.10. The molecule has 202 valence electrons. The van der Waals surface area contributed by atoms with Crippen molar-refractivity contribution >= 4 is 49.4 Å². The van der Waals surface area contributed by atoms with E-state index in [4.69, 9.17) is 0 Å². The topological polar surface area (TPSA) is 3.24 Å². The highest BCUT2D eigenvalue weighted by Crippen LogP contribution is 2.40. The van der Waals surface area contributed by atoms with Crippen molar-refractivity contribution < 1.29 is 0 Å². The molecule has 0 aliphatic rings. The van der Waals surface area contributed by atoms with Crippen LogP contribution in [0.3, 0.4) is 0 Å². The van der Waals surface area contributed by atoms with Crippen LogP contribution in [0.1, 0.15) is 0 Å². The lowest BCUT2D eigenvalue weighted by molar-refractivity contribution is 1.28. The maximum absolute atomic E-state index is 2.37. The third-order valence-electron chi connectivity index (χ3n) is 8.43.